The molecule has 13 heteroatoms. The number of aryl methyl sites for hydroxylation is 1. The first-order chi connectivity index (χ1) is 24.9. The number of hydrogen-bond acceptors (Lipinski definition) is 8. The molecule has 1 aromatic carbocycles. The van der Waals surface area contributed by atoms with E-state index >= 15 is 0 Å². The van der Waals surface area contributed by atoms with Crippen molar-refractivity contribution < 1.29 is 38.6 Å². The third kappa shape index (κ3) is 12.0. The van der Waals surface area contributed by atoms with E-state index in [1.54, 1.807) is 30.8 Å². The average molecular weight is 746 g/mol. The van der Waals surface area contributed by atoms with Crippen molar-refractivity contribution in [2.45, 2.75) is 130 Å². The predicted octanol–water partition coefficient (Wildman–Crippen LogP) is 3.41. The van der Waals surface area contributed by atoms with Gasteiger partial charge in [-0.3, -0.25) is 19.2 Å². The van der Waals surface area contributed by atoms with Crippen molar-refractivity contribution in [2.75, 3.05) is 34.9 Å². The number of nitrogens with one attached hydrogen (secondary N) is 3. The third-order valence-corrected chi connectivity index (χ3v) is 11.0. The number of benzene rings is 1. The Labute approximate surface area is 317 Å². The van der Waals surface area contributed by atoms with Crippen LogP contribution in [-0.2, 0) is 39.9 Å². The second-order valence-corrected chi connectivity index (χ2v) is 15.4. The molecular formula is C40H67N5O8. The van der Waals surface area contributed by atoms with E-state index in [1.165, 1.54) is 14.2 Å². The molecule has 4 N–H and O–H groups in total. The summed E-state index contributed by atoms with van der Waals surface area (Å²) < 4.78 is 11.9. The molecule has 1 aliphatic rings. The first-order valence-corrected chi connectivity index (χ1v) is 19.1. The van der Waals surface area contributed by atoms with Crippen LogP contribution >= 0.6 is 0 Å². The number of carbonyl (C=O) groups is 5. The zero-order valence-corrected chi connectivity index (χ0v) is 34.1. The molecule has 53 heavy (non-hydrogen) atoms. The van der Waals surface area contributed by atoms with Gasteiger partial charge in [-0.15, -0.1) is 0 Å². The van der Waals surface area contributed by atoms with Crippen molar-refractivity contribution in [1.82, 2.24) is 25.8 Å². The van der Waals surface area contributed by atoms with Crippen LogP contribution in [0.2, 0.25) is 0 Å². The van der Waals surface area contributed by atoms with E-state index < -0.39 is 60.2 Å². The molecule has 0 bridgehead atoms. The minimum atomic E-state index is -1.13. The highest BCUT2D eigenvalue weighted by molar-refractivity contribution is 5.90. The van der Waals surface area contributed by atoms with Crippen molar-refractivity contribution in [2.24, 2.45) is 23.7 Å². The molecule has 0 aromatic heterocycles. The van der Waals surface area contributed by atoms with Gasteiger partial charge in [-0.1, -0.05) is 79.2 Å². The molecule has 0 spiro atoms. The Kier molecular flexibility index (Phi) is 18.4. The van der Waals surface area contributed by atoms with Gasteiger partial charge in [-0.25, -0.2) is 4.79 Å². The lowest BCUT2D eigenvalue weighted by Gasteiger charge is -2.41. The Morgan fingerprint density at radius 3 is 2.08 bits per heavy atom. The standard InChI is InChI=1S/C40H67N5O8/c1-13-25(6)35(44(10)39(49)34(24(4)5)43-38(48)33(41-9)23(2)3)31(52-11)22-32(46)45-20-16-19-30(45)36(53-12)27(8)37(47)42-29(40(50)51)21-28-18-15-14-17-26(28)7/h14-15,17-18,23-25,27,29-31,33-36,41H,13,16,19-22H2,1-12H3,(H,42,47)(H,43,48)(H,50,51)/t25-,27+,29-,30-,31+,33-,34-,35?,36+/m0/s1. The highest BCUT2D eigenvalue weighted by Crippen LogP contribution is 2.30. The van der Waals surface area contributed by atoms with Crippen LogP contribution in [0.3, 0.4) is 0 Å². The van der Waals surface area contributed by atoms with Crippen LogP contribution in [0, 0.1) is 30.6 Å². The van der Waals surface area contributed by atoms with Crippen LogP contribution in [0.4, 0.5) is 0 Å². The first-order valence-electron chi connectivity index (χ1n) is 19.1. The van der Waals surface area contributed by atoms with Gasteiger partial charge >= 0.3 is 5.97 Å². The van der Waals surface area contributed by atoms with Crippen LogP contribution < -0.4 is 16.0 Å². The Morgan fingerprint density at radius 1 is 0.943 bits per heavy atom. The summed E-state index contributed by atoms with van der Waals surface area (Å²) >= 11 is 0. The van der Waals surface area contributed by atoms with Crippen LogP contribution in [0.5, 0.6) is 0 Å². The number of hydrogen-bond donors (Lipinski definition) is 4. The number of nitrogens with zero attached hydrogens (tertiary/aromatic N) is 2. The molecule has 1 aliphatic heterocycles. The molecular weight excluding hydrogens is 678 g/mol. The second-order valence-electron chi connectivity index (χ2n) is 15.4. The molecule has 300 valence electrons. The van der Waals surface area contributed by atoms with Gasteiger partial charge in [-0.2, -0.15) is 0 Å². The number of rotatable bonds is 21. The molecule has 4 amide bonds. The molecule has 0 radical (unpaired) electrons. The maximum absolute atomic E-state index is 14.2. The van der Waals surface area contributed by atoms with Crippen molar-refractivity contribution >= 4 is 29.6 Å². The maximum atomic E-state index is 14.2. The molecule has 2 rings (SSSR count). The SMILES string of the molecule is CC[C@H](C)C([C@@H](CC(=O)N1CCC[C@H]1[C@H](OC)[C@@H](C)C(=O)N[C@@H](Cc1ccccc1C)C(=O)O)OC)N(C)C(=O)[C@@H](NC(=O)[C@@H](NC)C(C)C)C(C)C. The summed E-state index contributed by atoms with van der Waals surface area (Å²) in [5, 5.41) is 18.7. The van der Waals surface area contributed by atoms with Crippen molar-refractivity contribution in [3.8, 4) is 0 Å². The number of carboxylic acid groups (broad SMARTS) is 1. The maximum Gasteiger partial charge on any atom is 0.326 e. The van der Waals surface area contributed by atoms with E-state index in [0.29, 0.717) is 19.4 Å². The monoisotopic (exact) mass is 745 g/mol. The fourth-order valence-corrected chi connectivity index (χ4v) is 7.61. The highest BCUT2D eigenvalue weighted by atomic mass is 16.5. The van der Waals surface area contributed by atoms with Crippen LogP contribution in [-0.4, -0.2) is 122 Å². The van der Waals surface area contributed by atoms with Gasteiger partial charge in [0.25, 0.3) is 0 Å². The zero-order chi connectivity index (χ0) is 40.2. The Morgan fingerprint density at radius 2 is 1.57 bits per heavy atom. The molecule has 1 heterocycles. The number of carboxylic acids is 1. The number of amides is 4. The number of likely N-dealkylation sites (N-methyl/N-ethyl adjacent to an activating group) is 2. The lowest BCUT2D eigenvalue weighted by atomic mass is 9.89. The summed E-state index contributed by atoms with van der Waals surface area (Å²) in [7, 11) is 6.46. The Balaban J connectivity index is 2.27. The van der Waals surface area contributed by atoms with Crippen molar-refractivity contribution in [1.29, 1.82) is 0 Å². The smallest absolute Gasteiger partial charge is 0.326 e. The molecule has 9 atom stereocenters. The summed E-state index contributed by atoms with van der Waals surface area (Å²) in [6.45, 7) is 15.8. The largest absolute Gasteiger partial charge is 0.480 e. The Hall–Kier alpha value is -3.55. The van der Waals surface area contributed by atoms with E-state index in [0.717, 1.165) is 17.5 Å². The van der Waals surface area contributed by atoms with Crippen molar-refractivity contribution in [3.63, 3.8) is 0 Å². The summed E-state index contributed by atoms with van der Waals surface area (Å²) in [5.74, 6) is -3.26. The fourth-order valence-electron chi connectivity index (χ4n) is 7.61. The summed E-state index contributed by atoms with van der Waals surface area (Å²) in [6.07, 6.45) is 0.817. The van der Waals surface area contributed by atoms with Gasteiger partial charge in [0.2, 0.25) is 23.6 Å². The van der Waals surface area contributed by atoms with Gasteiger partial charge in [0, 0.05) is 34.2 Å². The normalized spacial score (nSPS) is 19.1. The molecule has 1 saturated heterocycles. The number of carbonyl (C=O) groups excluding carboxylic acids is 4. The number of ether oxygens (including phenoxy) is 2. The molecule has 1 fully saturated rings. The van der Waals surface area contributed by atoms with E-state index in [4.69, 9.17) is 9.47 Å². The number of likely N-dealkylation sites (tertiary alicyclic amines) is 1. The molecule has 1 aromatic rings. The van der Waals surface area contributed by atoms with E-state index in [2.05, 4.69) is 16.0 Å². The van der Waals surface area contributed by atoms with Crippen LogP contribution in [0.1, 0.15) is 85.3 Å². The summed E-state index contributed by atoms with van der Waals surface area (Å²) in [6, 6.07) is 4.19. The van der Waals surface area contributed by atoms with Gasteiger partial charge in [-0.05, 0) is 55.7 Å². The predicted molar refractivity (Wildman–Crippen MR) is 205 cm³/mol. The van der Waals surface area contributed by atoms with E-state index in [9.17, 15) is 29.1 Å². The number of aliphatic carboxylic acids is 1. The average Bonchev–Trinajstić information content (AvgIpc) is 3.60. The van der Waals surface area contributed by atoms with Gasteiger partial charge in [0.15, 0.2) is 0 Å². The van der Waals surface area contributed by atoms with Gasteiger partial charge in [0.05, 0.1) is 42.7 Å². The molecule has 1 unspecified atom stereocenters. The lowest BCUT2D eigenvalue weighted by Crippen LogP contribution is -2.59. The molecule has 0 aliphatic carbocycles. The minimum Gasteiger partial charge on any atom is -0.480 e. The minimum absolute atomic E-state index is 0.0119. The third-order valence-electron chi connectivity index (χ3n) is 11.0. The lowest BCUT2D eigenvalue weighted by molar-refractivity contribution is -0.148. The molecule has 0 saturated carbocycles. The van der Waals surface area contributed by atoms with Crippen molar-refractivity contribution in [3.05, 3.63) is 35.4 Å². The van der Waals surface area contributed by atoms with Crippen LogP contribution in [0.25, 0.3) is 0 Å². The topological polar surface area (TPSA) is 167 Å². The van der Waals surface area contributed by atoms with Gasteiger partial charge < -0.3 is 40.3 Å². The molecule has 13 nitrogen and oxygen atoms in total. The van der Waals surface area contributed by atoms with E-state index in [-0.39, 0.29) is 48.3 Å². The van der Waals surface area contributed by atoms with Gasteiger partial charge in [0.1, 0.15) is 12.1 Å². The summed E-state index contributed by atoms with van der Waals surface area (Å²) in [5.41, 5.74) is 1.77. The highest BCUT2D eigenvalue weighted by Gasteiger charge is 2.43. The van der Waals surface area contributed by atoms with E-state index in [1.807, 2.05) is 72.7 Å². The summed E-state index contributed by atoms with van der Waals surface area (Å²) in [4.78, 5) is 70.6. The zero-order valence-electron chi connectivity index (χ0n) is 34.1. The first kappa shape index (κ1) is 45.6. The quantitative estimate of drug-likeness (QED) is 0.148. The second kappa shape index (κ2) is 21.4. The number of methoxy groups -OCH3 is 2. The fraction of sp³-hybridized carbons (Fsp3) is 0.725. The van der Waals surface area contributed by atoms with Crippen LogP contribution in [0.15, 0.2) is 24.3 Å². The Bertz CT molecular complexity index is 1370.